The highest BCUT2D eigenvalue weighted by Gasteiger charge is 2.15. The lowest BCUT2D eigenvalue weighted by molar-refractivity contribution is -0.141. The zero-order valence-corrected chi connectivity index (χ0v) is 20.4. The molecule has 0 saturated carbocycles. The number of nitrogens with one attached hydrogen (secondary N) is 1. The highest BCUT2D eigenvalue weighted by molar-refractivity contribution is 6.31. The number of anilines is 2. The van der Waals surface area contributed by atoms with Gasteiger partial charge in [0.2, 0.25) is 0 Å². The van der Waals surface area contributed by atoms with Crippen molar-refractivity contribution in [2.45, 2.75) is 39.5 Å². The minimum Gasteiger partial charge on any atom is -0.493 e. The summed E-state index contributed by atoms with van der Waals surface area (Å²) in [5.74, 6) is -0.306. The first-order valence-corrected chi connectivity index (χ1v) is 11.4. The molecule has 2 aromatic carbocycles. The highest BCUT2D eigenvalue weighted by Crippen LogP contribution is 2.36. The number of methoxy groups -OCH3 is 1. The maximum Gasteiger partial charge on any atom is 0.308 e. The van der Waals surface area contributed by atoms with Crippen molar-refractivity contribution in [3.63, 3.8) is 0 Å². The van der Waals surface area contributed by atoms with Gasteiger partial charge in [0, 0.05) is 31.0 Å². The number of esters is 2. The third-order valence-corrected chi connectivity index (χ3v) is 5.34. The Kier molecular flexibility index (Phi) is 9.19. The first-order chi connectivity index (χ1) is 16.8. The van der Waals surface area contributed by atoms with Crippen LogP contribution < -0.4 is 14.8 Å². The molecule has 0 aliphatic carbocycles. The van der Waals surface area contributed by atoms with E-state index in [0.29, 0.717) is 46.7 Å². The van der Waals surface area contributed by atoms with Crippen molar-refractivity contribution >= 4 is 45.9 Å². The van der Waals surface area contributed by atoms with Gasteiger partial charge in [0.05, 0.1) is 24.3 Å². The van der Waals surface area contributed by atoms with Crippen LogP contribution in [-0.4, -0.2) is 35.6 Å². The smallest absolute Gasteiger partial charge is 0.308 e. The van der Waals surface area contributed by atoms with Gasteiger partial charge in [-0.05, 0) is 55.9 Å². The lowest BCUT2D eigenvalue weighted by Crippen LogP contribution is -2.05. The average molecular weight is 503 g/mol. The molecule has 0 atom stereocenters. The Bertz CT molecular complexity index is 1220. The number of hydrogen-bond donors (Lipinski definition) is 1. The summed E-state index contributed by atoms with van der Waals surface area (Å²) in [6.45, 7) is 3.06. The second kappa shape index (κ2) is 12.3. The Balaban J connectivity index is 1.82. The summed E-state index contributed by atoms with van der Waals surface area (Å²) in [5.41, 5.74) is 1.83. The minimum atomic E-state index is -0.523. The summed E-state index contributed by atoms with van der Waals surface area (Å²) >= 11 is 6.06. The zero-order chi connectivity index (χ0) is 25.4. The van der Waals surface area contributed by atoms with E-state index in [1.807, 2.05) is 6.42 Å². The molecule has 8 nitrogen and oxygen atoms in total. The van der Waals surface area contributed by atoms with Crippen LogP contribution in [-0.2, 0) is 20.7 Å². The second-order valence-electron chi connectivity index (χ2n) is 7.71. The monoisotopic (exact) mass is 502 g/mol. The van der Waals surface area contributed by atoms with E-state index in [-0.39, 0.29) is 16.7 Å². The van der Waals surface area contributed by atoms with Crippen LogP contribution >= 0.6 is 11.6 Å². The van der Waals surface area contributed by atoms with E-state index in [4.69, 9.17) is 25.8 Å². The largest absolute Gasteiger partial charge is 0.493 e. The number of benzene rings is 2. The maximum absolute atomic E-state index is 14.3. The van der Waals surface area contributed by atoms with Gasteiger partial charge in [-0.1, -0.05) is 11.6 Å². The summed E-state index contributed by atoms with van der Waals surface area (Å²) in [4.78, 5) is 30.9. The van der Waals surface area contributed by atoms with E-state index in [0.717, 1.165) is 19.3 Å². The Morgan fingerprint density at radius 1 is 1.09 bits per heavy atom. The molecule has 0 spiro atoms. The molecule has 0 unspecified atom stereocenters. The number of rotatable bonds is 11. The summed E-state index contributed by atoms with van der Waals surface area (Å²) in [7, 11) is 1.47. The van der Waals surface area contributed by atoms with Crippen LogP contribution in [0, 0.1) is 12.2 Å². The summed E-state index contributed by atoms with van der Waals surface area (Å²) in [5, 5.41) is 3.76. The minimum absolute atomic E-state index is 0.0294. The standard InChI is InChI=1S/C25H26ClFN3O5/c1-15(31)34-9-7-5-4-6-8-17-10-20(27)19(26)12-21(17)30-25-18-11-24(35-16(2)32)23(33-3)13-22(18)28-14-29-25/h6,10-14H,4-5,7-9H2,1-3H3,(H,28,29,30). The Morgan fingerprint density at radius 2 is 1.89 bits per heavy atom. The molecule has 1 radical (unpaired) electrons. The van der Waals surface area contributed by atoms with Gasteiger partial charge in [-0.25, -0.2) is 14.4 Å². The molecular weight excluding hydrogens is 477 g/mol. The summed E-state index contributed by atoms with van der Waals surface area (Å²) < 4.78 is 29.7. The zero-order valence-electron chi connectivity index (χ0n) is 19.7. The quantitative estimate of drug-likeness (QED) is 0.206. The highest BCUT2D eigenvalue weighted by atomic mass is 35.5. The fourth-order valence-electron chi connectivity index (χ4n) is 3.42. The first-order valence-electron chi connectivity index (χ1n) is 11.0. The first kappa shape index (κ1) is 26.2. The molecule has 0 saturated heterocycles. The van der Waals surface area contributed by atoms with Crippen LogP contribution in [0.1, 0.15) is 38.7 Å². The number of nitrogens with zero attached hydrogens (tertiary/aromatic N) is 2. The van der Waals surface area contributed by atoms with Crippen molar-refractivity contribution in [1.29, 1.82) is 0 Å². The number of carbonyl (C=O) groups is 2. The molecule has 0 aliphatic heterocycles. The Morgan fingerprint density at radius 3 is 2.60 bits per heavy atom. The van der Waals surface area contributed by atoms with Gasteiger partial charge in [0.25, 0.3) is 0 Å². The topological polar surface area (TPSA) is 99.6 Å². The Hall–Kier alpha value is -3.46. The molecule has 1 N–H and O–H groups in total. The molecular formula is C25H26ClFN3O5. The summed E-state index contributed by atoms with van der Waals surface area (Å²) in [6.07, 6.45) is 6.26. The van der Waals surface area contributed by atoms with E-state index in [1.54, 1.807) is 12.1 Å². The van der Waals surface area contributed by atoms with Crippen LogP contribution in [0.4, 0.5) is 15.9 Å². The van der Waals surface area contributed by atoms with E-state index in [1.165, 1.54) is 39.4 Å². The number of hydrogen-bond acceptors (Lipinski definition) is 8. The average Bonchev–Trinajstić information content (AvgIpc) is 2.80. The summed E-state index contributed by atoms with van der Waals surface area (Å²) in [6, 6.07) is 6.14. The van der Waals surface area contributed by atoms with E-state index in [9.17, 15) is 14.0 Å². The van der Waals surface area contributed by atoms with E-state index in [2.05, 4.69) is 15.3 Å². The van der Waals surface area contributed by atoms with E-state index < -0.39 is 11.8 Å². The predicted octanol–water partition coefficient (Wildman–Crippen LogP) is 5.58. The fraction of sp³-hybridized carbons (Fsp3) is 0.320. The molecule has 0 bridgehead atoms. The molecule has 0 aliphatic rings. The molecule has 185 valence electrons. The van der Waals surface area contributed by atoms with Crippen molar-refractivity contribution in [2.24, 2.45) is 0 Å². The molecule has 35 heavy (non-hydrogen) atoms. The van der Waals surface area contributed by atoms with Gasteiger partial charge in [-0.2, -0.15) is 0 Å². The number of halogens is 2. The number of unbranched alkanes of at least 4 members (excludes halogenated alkanes) is 3. The van der Waals surface area contributed by atoms with Crippen LogP contribution in [0.5, 0.6) is 11.5 Å². The van der Waals surface area contributed by atoms with Crippen LogP contribution in [0.25, 0.3) is 10.9 Å². The fourth-order valence-corrected chi connectivity index (χ4v) is 3.59. The lowest BCUT2D eigenvalue weighted by Gasteiger charge is -2.15. The van der Waals surface area contributed by atoms with Gasteiger partial charge >= 0.3 is 11.9 Å². The van der Waals surface area contributed by atoms with Gasteiger partial charge in [-0.15, -0.1) is 0 Å². The van der Waals surface area contributed by atoms with Gasteiger partial charge in [-0.3, -0.25) is 9.59 Å². The predicted molar refractivity (Wildman–Crippen MR) is 131 cm³/mol. The van der Waals surface area contributed by atoms with Crippen LogP contribution in [0.3, 0.4) is 0 Å². The third kappa shape index (κ3) is 7.26. The maximum atomic E-state index is 14.3. The van der Waals surface area contributed by atoms with E-state index >= 15 is 0 Å². The van der Waals surface area contributed by atoms with Crippen LogP contribution in [0.15, 0.2) is 30.6 Å². The van der Waals surface area contributed by atoms with Gasteiger partial charge in [0.15, 0.2) is 11.5 Å². The van der Waals surface area contributed by atoms with Crippen molar-refractivity contribution in [3.8, 4) is 11.5 Å². The Labute approximate surface area is 207 Å². The number of aromatic nitrogens is 2. The third-order valence-electron chi connectivity index (χ3n) is 5.05. The van der Waals surface area contributed by atoms with Crippen molar-refractivity contribution in [1.82, 2.24) is 9.97 Å². The van der Waals surface area contributed by atoms with Gasteiger partial charge < -0.3 is 19.5 Å². The van der Waals surface area contributed by atoms with Crippen molar-refractivity contribution in [2.75, 3.05) is 19.0 Å². The van der Waals surface area contributed by atoms with Crippen molar-refractivity contribution < 1.29 is 28.2 Å². The molecule has 3 aromatic rings. The number of ether oxygens (including phenoxy) is 3. The molecule has 1 heterocycles. The lowest BCUT2D eigenvalue weighted by atomic mass is 10.0. The molecule has 0 amide bonds. The number of fused-ring (bicyclic) bond motifs is 1. The molecule has 0 fully saturated rings. The molecule has 10 heteroatoms. The second-order valence-corrected chi connectivity index (χ2v) is 8.12. The van der Waals surface area contributed by atoms with Gasteiger partial charge in [0.1, 0.15) is 18.0 Å². The normalized spacial score (nSPS) is 10.8. The number of carbonyl (C=O) groups excluding carboxylic acids is 2. The molecule has 3 rings (SSSR count). The SMILES string of the molecule is COc1cc2ncnc(Nc3cc(Cl)c(F)cc3C[CH]CCCCOC(C)=O)c2cc1OC(C)=O. The van der Waals surface area contributed by atoms with Crippen molar-refractivity contribution in [3.05, 3.63) is 53.4 Å². The van der Waals surface area contributed by atoms with Crippen LogP contribution in [0.2, 0.25) is 5.02 Å². The molecule has 1 aromatic heterocycles.